The maximum atomic E-state index is 11.4. The van der Waals surface area contributed by atoms with Crippen LogP contribution in [-0.2, 0) is 11.8 Å². The van der Waals surface area contributed by atoms with E-state index in [4.69, 9.17) is 0 Å². The lowest BCUT2D eigenvalue weighted by Crippen LogP contribution is -2.04. The van der Waals surface area contributed by atoms with Gasteiger partial charge in [0.15, 0.2) is 0 Å². The van der Waals surface area contributed by atoms with Gasteiger partial charge in [0.2, 0.25) is 0 Å². The number of rotatable bonds is 1. The standard InChI is InChI=1S/C9H9N3O2/c1-12-8-6(9(13)14-2)4-3-5-7(8)10-11-12/h3-5H,1-2H3. The van der Waals surface area contributed by atoms with Crippen molar-refractivity contribution in [1.29, 1.82) is 0 Å². The molecule has 5 heteroatoms. The predicted octanol–water partition coefficient (Wildman–Crippen LogP) is 0.755. The molecule has 0 spiro atoms. The van der Waals surface area contributed by atoms with Crippen LogP contribution in [0.2, 0.25) is 0 Å². The van der Waals surface area contributed by atoms with Gasteiger partial charge in [-0.05, 0) is 12.1 Å². The van der Waals surface area contributed by atoms with E-state index >= 15 is 0 Å². The van der Waals surface area contributed by atoms with E-state index in [-0.39, 0.29) is 5.97 Å². The van der Waals surface area contributed by atoms with Crippen molar-refractivity contribution in [3.05, 3.63) is 23.8 Å². The largest absolute Gasteiger partial charge is 0.465 e. The van der Waals surface area contributed by atoms with Gasteiger partial charge in [0.25, 0.3) is 0 Å². The average Bonchev–Trinajstić information content (AvgIpc) is 2.59. The summed E-state index contributed by atoms with van der Waals surface area (Å²) in [5, 5.41) is 7.73. The Morgan fingerprint density at radius 1 is 1.50 bits per heavy atom. The summed E-state index contributed by atoms with van der Waals surface area (Å²) in [6.45, 7) is 0. The fourth-order valence-corrected chi connectivity index (χ4v) is 1.39. The zero-order valence-corrected chi connectivity index (χ0v) is 7.89. The van der Waals surface area contributed by atoms with Gasteiger partial charge in [-0.3, -0.25) is 0 Å². The zero-order chi connectivity index (χ0) is 10.1. The minimum absolute atomic E-state index is 0.374. The third-order valence-electron chi connectivity index (χ3n) is 2.03. The summed E-state index contributed by atoms with van der Waals surface area (Å²) in [5.74, 6) is -0.374. The van der Waals surface area contributed by atoms with E-state index in [1.165, 1.54) is 7.11 Å². The molecule has 1 aromatic carbocycles. The number of fused-ring (bicyclic) bond motifs is 1. The van der Waals surface area contributed by atoms with Crippen molar-refractivity contribution in [2.75, 3.05) is 7.11 Å². The third-order valence-corrected chi connectivity index (χ3v) is 2.03. The third kappa shape index (κ3) is 1.14. The van der Waals surface area contributed by atoms with Crippen LogP contribution in [0.1, 0.15) is 10.4 Å². The maximum absolute atomic E-state index is 11.4. The Kier molecular flexibility index (Phi) is 1.92. The molecule has 0 bridgehead atoms. The van der Waals surface area contributed by atoms with E-state index in [0.717, 1.165) is 0 Å². The highest BCUT2D eigenvalue weighted by molar-refractivity contribution is 6.01. The number of hydrogen-bond acceptors (Lipinski definition) is 4. The molecule has 0 radical (unpaired) electrons. The SMILES string of the molecule is COC(=O)c1cccc2nnn(C)c12. The van der Waals surface area contributed by atoms with Crippen molar-refractivity contribution in [3.63, 3.8) is 0 Å². The summed E-state index contributed by atoms with van der Waals surface area (Å²) in [4.78, 5) is 11.4. The summed E-state index contributed by atoms with van der Waals surface area (Å²) in [5.41, 5.74) is 1.87. The Morgan fingerprint density at radius 2 is 2.29 bits per heavy atom. The van der Waals surface area contributed by atoms with E-state index in [2.05, 4.69) is 15.0 Å². The van der Waals surface area contributed by atoms with Gasteiger partial charge in [-0.2, -0.15) is 0 Å². The van der Waals surface area contributed by atoms with Crippen LogP contribution in [0, 0.1) is 0 Å². The summed E-state index contributed by atoms with van der Waals surface area (Å²) in [7, 11) is 3.09. The van der Waals surface area contributed by atoms with Gasteiger partial charge in [0.05, 0.1) is 12.7 Å². The first-order chi connectivity index (χ1) is 6.74. The number of nitrogens with zero attached hydrogens (tertiary/aromatic N) is 3. The lowest BCUT2D eigenvalue weighted by Gasteiger charge is -2.00. The minimum Gasteiger partial charge on any atom is -0.465 e. The highest BCUT2D eigenvalue weighted by Crippen LogP contribution is 2.16. The van der Waals surface area contributed by atoms with Crippen LogP contribution in [0.15, 0.2) is 18.2 Å². The van der Waals surface area contributed by atoms with Gasteiger partial charge in [-0.1, -0.05) is 11.3 Å². The smallest absolute Gasteiger partial charge is 0.340 e. The summed E-state index contributed by atoms with van der Waals surface area (Å²) >= 11 is 0. The second-order valence-corrected chi connectivity index (χ2v) is 2.88. The first-order valence-electron chi connectivity index (χ1n) is 4.10. The summed E-state index contributed by atoms with van der Waals surface area (Å²) in [6, 6.07) is 5.25. The monoisotopic (exact) mass is 191 g/mol. The summed E-state index contributed by atoms with van der Waals surface area (Å²) in [6.07, 6.45) is 0. The molecule has 5 nitrogen and oxygen atoms in total. The maximum Gasteiger partial charge on any atom is 0.340 e. The van der Waals surface area contributed by atoms with E-state index in [9.17, 15) is 4.79 Å². The van der Waals surface area contributed by atoms with Gasteiger partial charge in [-0.15, -0.1) is 5.10 Å². The number of aryl methyl sites for hydroxylation is 1. The van der Waals surface area contributed by atoms with Crippen LogP contribution >= 0.6 is 0 Å². The second-order valence-electron chi connectivity index (χ2n) is 2.88. The highest BCUT2D eigenvalue weighted by Gasteiger charge is 2.13. The van der Waals surface area contributed by atoms with Crippen LogP contribution in [0.3, 0.4) is 0 Å². The van der Waals surface area contributed by atoms with Crippen LogP contribution in [-0.4, -0.2) is 28.1 Å². The number of carbonyl (C=O) groups is 1. The van der Waals surface area contributed by atoms with Crippen LogP contribution in [0.25, 0.3) is 11.0 Å². The Labute approximate surface area is 80.3 Å². The molecule has 0 aliphatic rings. The zero-order valence-electron chi connectivity index (χ0n) is 7.89. The van der Waals surface area contributed by atoms with Gasteiger partial charge >= 0.3 is 5.97 Å². The van der Waals surface area contributed by atoms with Crippen molar-refractivity contribution in [3.8, 4) is 0 Å². The molecule has 2 rings (SSSR count). The lowest BCUT2D eigenvalue weighted by molar-refractivity contribution is 0.0602. The molecular formula is C9H9N3O2. The molecule has 72 valence electrons. The quantitative estimate of drug-likeness (QED) is 0.624. The molecule has 1 aromatic heterocycles. The molecule has 0 unspecified atom stereocenters. The number of benzene rings is 1. The van der Waals surface area contributed by atoms with Crippen molar-refractivity contribution in [2.45, 2.75) is 0 Å². The molecule has 1 heterocycles. The molecule has 0 fully saturated rings. The van der Waals surface area contributed by atoms with Crippen molar-refractivity contribution < 1.29 is 9.53 Å². The van der Waals surface area contributed by atoms with E-state index in [0.29, 0.717) is 16.6 Å². The van der Waals surface area contributed by atoms with Crippen LogP contribution in [0.5, 0.6) is 0 Å². The number of para-hydroxylation sites is 1. The topological polar surface area (TPSA) is 57.0 Å². The van der Waals surface area contributed by atoms with Gasteiger partial charge in [0.1, 0.15) is 11.0 Å². The predicted molar refractivity (Wildman–Crippen MR) is 49.8 cm³/mol. The molecule has 0 atom stereocenters. The van der Waals surface area contributed by atoms with Crippen molar-refractivity contribution in [1.82, 2.24) is 15.0 Å². The van der Waals surface area contributed by atoms with E-state index in [1.807, 2.05) is 0 Å². The van der Waals surface area contributed by atoms with Crippen molar-refractivity contribution in [2.24, 2.45) is 7.05 Å². The molecule has 0 aliphatic carbocycles. The summed E-state index contributed by atoms with van der Waals surface area (Å²) < 4.78 is 6.22. The number of methoxy groups -OCH3 is 1. The van der Waals surface area contributed by atoms with Crippen LogP contribution < -0.4 is 0 Å². The molecule has 14 heavy (non-hydrogen) atoms. The van der Waals surface area contributed by atoms with Gasteiger partial charge in [-0.25, -0.2) is 9.48 Å². The number of aromatic nitrogens is 3. The Bertz CT molecular complexity index is 490. The molecule has 0 aliphatic heterocycles. The van der Waals surface area contributed by atoms with E-state index in [1.54, 1.807) is 29.9 Å². The molecule has 0 amide bonds. The van der Waals surface area contributed by atoms with Gasteiger partial charge < -0.3 is 4.74 Å². The number of carbonyl (C=O) groups excluding carboxylic acids is 1. The highest BCUT2D eigenvalue weighted by atomic mass is 16.5. The molecule has 0 saturated carbocycles. The normalized spacial score (nSPS) is 10.4. The molecular weight excluding hydrogens is 182 g/mol. The fraction of sp³-hybridized carbons (Fsp3) is 0.222. The Hall–Kier alpha value is -1.91. The number of esters is 1. The second kappa shape index (κ2) is 3.10. The van der Waals surface area contributed by atoms with Gasteiger partial charge in [0, 0.05) is 7.05 Å². The first kappa shape index (κ1) is 8.68. The van der Waals surface area contributed by atoms with E-state index < -0.39 is 0 Å². The lowest BCUT2D eigenvalue weighted by atomic mass is 10.2. The molecule has 0 N–H and O–H groups in total. The average molecular weight is 191 g/mol. The molecule has 0 saturated heterocycles. The Morgan fingerprint density at radius 3 is 3.00 bits per heavy atom. The molecule has 2 aromatic rings. The fourth-order valence-electron chi connectivity index (χ4n) is 1.39. The van der Waals surface area contributed by atoms with Crippen LogP contribution in [0.4, 0.5) is 0 Å². The first-order valence-corrected chi connectivity index (χ1v) is 4.10. The number of hydrogen-bond donors (Lipinski definition) is 0. The number of ether oxygens (including phenoxy) is 1. The Balaban J connectivity index is 2.75. The van der Waals surface area contributed by atoms with Crippen molar-refractivity contribution >= 4 is 17.0 Å². The minimum atomic E-state index is -0.374.